The molecule has 0 bridgehead atoms. The minimum Gasteiger partial charge on any atom is -0.324 e. The van der Waals surface area contributed by atoms with Gasteiger partial charge in [0, 0.05) is 10.2 Å². The highest BCUT2D eigenvalue weighted by Gasteiger charge is 2.30. The van der Waals surface area contributed by atoms with E-state index in [0.29, 0.717) is 0 Å². The van der Waals surface area contributed by atoms with Crippen molar-refractivity contribution in [3.05, 3.63) is 63.6 Å². The molecule has 0 heterocycles. The summed E-state index contributed by atoms with van der Waals surface area (Å²) in [6.45, 7) is 5.70. The summed E-state index contributed by atoms with van der Waals surface area (Å²) in [5.41, 5.74) is 8.83. The van der Waals surface area contributed by atoms with Gasteiger partial charge in [0.15, 0.2) is 0 Å². The first-order chi connectivity index (χ1) is 9.82. The molecule has 1 amide bonds. The average Bonchev–Trinajstić information content (AvgIpc) is 2.45. The molecule has 1 unspecified atom stereocenters. The summed E-state index contributed by atoms with van der Waals surface area (Å²) in [6, 6.07) is 13.2. The number of anilines is 1. The lowest BCUT2D eigenvalue weighted by atomic mass is 9.92. The van der Waals surface area contributed by atoms with E-state index < -0.39 is 5.54 Å². The lowest BCUT2D eigenvalue weighted by Gasteiger charge is -2.24. The maximum absolute atomic E-state index is 12.5. The van der Waals surface area contributed by atoms with Gasteiger partial charge in [0.05, 0.1) is 0 Å². The van der Waals surface area contributed by atoms with Crippen molar-refractivity contribution in [2.75, 3.05) is 5.32 Å². The van der Waals surface area contributed by atoms with Gasteiger partial charge < -0.3 is 11.1 Å². The van der Waals surface area contributed by atoms with E-state index in [1.807, 2.05) is 56.3 Å². The van der Waals surface area contributed by atoms with Crippen LogP contribution in [-0.2, 0) is 10.3 Å². The third-order valence-electron chi connectivity index (χ3n) is 3.54. The molecule has 0 aliphatic rings. The molecule has 0 spiro atoms. The number of aryl methyl sites for hydroxylation is 2. The summed E-state index contributed by atoms with van der Waals surface area (Å²) in [5, 5.41) is 2.90. The van der Waals surface area contributed by atoms with Crippen LogP contribution in [0, 0.1) is 13.8 Å². The molecule has 0 saturated carbocycles. The molecule has 0 fully saturated rings. The van der Waals surface area contributed by atoms with Crippen LogP contribution in [0.5, 0.6) is 0 Å². The molecule has 2 rings (SSSR count). The molecule has 3 N–H and O–H groups in total. The van der Waals surface area contributed by atoms with E-state index in [4.69, 9.17) is 5.73 Å². The summed E-state index contributed by atoms with van der Waals surface area (Å²) in [6.07, 6.45) is 0. The maximum atomic E-state index is 12.5. The first-order valence-corrected chi connectivity index (χ1v) is 7.54. The second-order valence-electron chi connectivity index (χ2n) is 5.45. The molecular weight excluding hydrogens is 328 g/mol. The summed E-state index contributed by atoms with van der Waals surface area (Å²) >= 11 is 3.52. The van der Waals surface area contributed by atoms with E-state index in [1.165, 1.54) is 0 Å². The molecule has 0 aromatic heterocycles. The number of carbonyl (C=O) groups is 1. The highest BCUT2D eigenvalue weighted by atomic mass is 79.9. The molecule has 110 valence electrons. The Balaban J connectivity index is 2.26. The standard InChI is InChI=1S/C17H19BrN2O/c1-11-9-14(10-12(2)15(11)18)20-16(21)17(3,19)13-7-5-4-6-8-13/h4-10H,19H2,1-3H3,(H,20,21). The Labute approximate surface area is 133 Å². The van der Waals surface area contributed by atoms with Gasteiger partial charge in [-0.25, -0.2) is 0 Å². The molecule has 1 atom stereocenters. The van der Waals surface area contributed by atoms with Crippen LogP contribution in [0.1, 0.15) is 23.6 Å². The van der Waals surface area contributed by atoms with E-state index in [0.717, 1.165) is 26.9 Å². The van der Waals surface area contributed by atoms with E-state index in [-0.39, 0.29) is 5.91 Å². The van der Waals surface area contributed by atoms with Crippen molar-refractivity contribution >= 4 is 27.5 Å². The van der Waals surface area contributed by atoms with Crippen molar-refractivity contribution in [3.8, 4) is 0 Å². The highest BCUT2D eigenvalue weighted by Crippen LogP contribution is 2.26. The van der Waals surface area contributed by atoms with Gasteiger partial charge in [-0.15, -0.1) is 0 Å². The number of halogens is 1. The van der Waals surface area contributed by atoms with E-state index in [9.17, 15) is 4.79 Å². The smallest absolute Gasteiger partial charge is 0.248 e. The third kappa shape index (κ3) is 3.34. The second-order valence-corrected chi connectivity index (χ2v) is 6.24. The number of nitrogens with one attached hydrogen (secondary N) is 1. The number of amides is 1. The van der Waals surface area contributed by atoms with Crippen LogP contribution in [0.25, 0.3) is 0 Å². The van der Waals surface area contributed by atoms with Gasteiger partial charge >= 0.3 is 0 Å². The Hall–Kier alpha value is -1.65. The van der Waals surface area contributed by atoms with Crippen molar-refractivity contribution in [2.24, 2.45) is 5.73 Å². The Morgan fingerprint density at radius 3 is 2.19 bits per heavy atom. The molecule has 4 heteroatoms. The average molecular weight is 347 g/mol. The fraction of sp³-hybridized carbons (Fsp3) is 0.235. The molecule has 0 aliphatic heterocycles. The SMILES string of the molecule is Cc1cc(NC(=O)C(C)(N)c2ccccc2)cc(C)c1Br. The topological polar surface area (TPSA) is 55.1 Å². The van der Waals surface area contributed by atoms with Gasteiger partial charge in [-0.1, -0.05) is 46.3 Å². The zero-order valence-corrected chi connectivity index (χ0v) is 14.0. The van der Waals surface area contributed by atoms with Crippen LogP contribution in [-0.4, -0.2) is 5.91 Å². The minimum atomic E-state index is -1.07. The molecule has 0 radical (unpaired) electrons. The third-order valence-corrected chi connectivity index (χ3v) is 4.79. The first kappa shape index (κ1) is 15.7. The van der Waals surface area contributed by atoms with Gasteiger partial charge in [-0.2, -0.15) is 0 Å². The van der Waals surface area contributed by atoms with Crippen molar-refractivity contribution in [3.63, 3.8) is 0 Å². The van der Waals surface area contributed by atoms with E-state index >= 15 is 0 Å². The predicted molar refractivity (Wildman–Crippen MR) is 90.2 cm³/mol. The lowest BCUT2D eigenvalue weighted by molar-refractivity contribution is -0.120. The number of carbonyl (C=O) groups excluding carboxylic acids is 1. The maximum Gasteiger partial charge on any atom is 0.248 e. The number of hydrogen-bond acceptors (Lipinski definition) is 2. The van der Waals surface area contributed by atoms with Crippen LogP contribution < -0.4 is 11.1 Å². The Morgan fingerprint density at radius 1 is 1.14 bits per heavy atom. The van der Waals surface area contributed by atoms with E-state index in [1.54, 1.807) is 6.92 Å². The van der Waals surface area contributed by atoms with Crippen LogP contribution >= 0.6 is 15.9 Å². The normalized spacial score (nSPS) is 13.6. The van der Waals surface area contributed by atoms with E-state index in [2.05, 4.69) is 21.2 Å². The molecular formula is C17H19BrN2O. The van der Waals surface area contributed by atoms with Crippen molar-refractivity contribution in [1.29, 1.82) is 0 Å². The summed E-state index contributed by atoms with van der Waals surface area (Å²) < 4.78 is 1.05. The molecule has 2 aromatic carbocycles. The molecule has 21 heavy (non-hydrogen) atoms. The zero-order chi connectivity index (χ0) is 15.6. The summed E-state index contributed by atoms with van der Waals surface area (Å²) in [4.78, 5) is 12.5. The number of nitrogens with two attached hydrogens (primary N) is 1. The summed E-state index contributed by atoms with van der Waals surface area (Å²) in [7, 11) is 0. The van der Waals surface area contributed by atoms with Gasteiger partial charge in [-0.05, 0) is 49.6 Å². The Morgan fingerprint density at radius 2 is 1.67 bits per heavy atom. The number of rotatable bonds is 3. The Bertz CT molecular complexity index is 643. The molecule has 3 nitrogen and oxygen atoms in total. The fourth-order valence-electron chi connectivity index (χ4n) is 2.19. The van der Waals surface area contributed by atoms with Gasteiger partial charge in [0.2, 0.25) is 5.91 Å². The van der Waals surface area contributed by atoms with Gasteiger partial charge in [0.1, 0.15) is 5.54 Å². The number of hydrogen-bond donors (Lipinski definition) is 2. The highest BCUT2D eigenvalue weighted by molar-refractivity contribution is 9.10. The number of benzene rings is 2. The van der Waals surface area contributed by atoms with Crippen LogP contribution in [0.3, 0.4) is 0 Å². The second kappa shape index (κ2) is 6.00. The van der Waals surface area contributed by atoms with Crippen LogP contribution in [0.2, 0.25) is 0 Å². The molecule has 2 aromatic rings. The minimum absolute atomic E-state index is 0.227. The largest absolute Gasteiger partial charge is 0.324 e. The van der Waals surface area contributed by atoms with Gasteiger partial charge in [-0.3, -0.25) is 4.79 Å². The van der Waals surface area contributed by atoms with Crippen LogP contribution in [0.4, 0.5) is 5.69 Å². The molecule has 0 aliphatic carbocycles. The molecule has 0 saturated heterocycles. The van der Waals surface area contributed by atoms with Gasteiger partial charge in [0.25, 0.3) is 0 Å². The zero-order valence-electron chi connectivity index (χ0n) is 12.4. The Kier molecular flexibility index (Phi) is 4.49. The quantitative estimate of drug-likeness (QED) is 0.885. The monoisotopic (exact) mass is 346 g/mol. The fourth-order valence-corrected chi connectivity index (χ4v) is 2.42. The van der Waals surface area contributed by atoms with Crippen molar-refractivity contribution in [1.82, 2.24) is 0 Å². The lowest BCUT2D eigenvalue weighted by Crippen LogP contribution is -2.45. The summed E-state index contributed by atoms with van der Waals surface area (Å²) in [5.74, 6) is -0.227. The predicted octanol–water partition coefficient (Wildman–Crippen LogP) is 3.88. The van der Waals surface area contributed by atoms with Crippen molar-refractivity contribution < 1.29 is 4.79 Å². The first-order valence-electron chi connectivity index (χ1n) is 6.75. The van der Waals surface area contributed by atoms with Crippen molar-refractivity contribution in [2.45, 2.75) is 26.3 Å². The van der Waals surface area contributed by atoms with Crippen LogP contribution in [0.15, 0.2) is 46.9 Å².